The molecule has 2 nitrogen and oxygen atoms in total. The molecule has 1 N–H and O–H groups in total. The largest absolute Gasteiger partial charge is 0.306 e. The number of unbranched alkanes of at least 4 members (excludes halogenated alkanes) is 4. The highest BCUT2D eigenvalue weighted by Gasteiger charge is 2.28. The Labute approximate surface area is 129 Å². The van der Waals surface area contributed by atoms with Crippen molar-refractivity contribution in [1.82, 2.24) is 10.3 Å². The molecule has 0 aliphatic heterocycles. The van der Waals surface area contributed by atoms with Crippen molar-refractivity contribution in [1.29, 1.82) is 0 Å². The molecule has 0 saturated heterocycles. The van der Waals surface area contributed by atoms with Crippen molar-refractivity contribution < 1.29 is 0 Å². The van der Waals surface area contributed by atoms with Gasteiger partial charge < -0.3 is 5.32 Å². The van der Waals surface area contributed by atoms with Gasteiger partial charge in [-0.1, -0.05) is 59.8 Å². The van der Waals surface area contributed by atoms with Gasteiger partial charge >= 0.3 is 0 Å². The summed E-state index contributed by atoms with van der Waals surface area (Å²) in [5.74, 6) is 0.524. The summed E-state index contributed by atoms with van der Waals surface area (Å²) in [6, 6.07) is 0. The molecule has 0 fully saturated rings. The minimum Gasteiger partial charge on any atom is -0.306 e. The number of hydrogen-bond acceptors (Lipinski definition) is 3. The van der Waals surface area contributed by atoms with Crippen LogP contribution in [0.2, 0.25) is 0 Å². The second-order valence-electron chi connectivity index (χ2n) is 6.26. The van der Waals surface area contributed by atoms with Crippen molar-refractivity contribution in [2.24, 2.45) is 0 Å². The monoisotopic (exact) mass is 296 g/mol. The van der Waals surface area contributed by atoms with Crippen LogP contribution in [0, 0.1) is 0 Å². The number of rotatable bonds is 10. The predicted octanol–water partition coefficient (Wildman–Crippen LogP) is 5.45. The van der Waals surface area contributed by atoms with Crippen LogP contribution in [0.1, 0.15) is 89.8 Å². The van der Waals surface area contributed by atoms with E-state index >= 15 is 0 Å². The molecule has 116 valence electrons. The molecule has 0 bridgehead atoms. The van der Waals surface area contributed by atoms with E-state index in [1.807, 2.05) is 11.3 Å². The molecule has 1 aromatic rings. The topological polar surface area (TPSA) is 24.9 Å². The smallest absolute Gasteiger partial charge is 0.113 e. The van der Waals surface area contributed by atoms with E-state index < -0.39 is 0 Å². The SMILES string of the molecule is CCCCCCCC(C)(NCC)c1nc(C(C)C)cs1. The van der Waals surface area contributed by atoms with E-state index in [4.69, 9.17) is 4.98 Å². The Bertz CT molecular complexity index is 373. The molecule has 3 heteroatoms. The molecular formula is C17H32N2S. The first-order chi connectivity index (χ1) is 9.53. The second kappa shape index (κ2) is 8.78. The number of aromatic nitrogens is 1. The summed E-state index contributed by atoms with van der Waals surface area (Å²) in [7, 11) is 0. The molecule has 20 heavy (non-hydrogen) atoms. The maximum Gasteiger partial charge on any atom is 0.113 e. The van der Waals surface area contributed by atoms with Crippen molar-refractivity contribution in [3.05, 3.63) is 16.1 Å². The Kier molecular flexibility index (Phi) is 7.75. The Balaban J connectivity index is 2.64. The molecule has 0 aromatic carbocycles. The van der Waals surface area contributed by atoms with E-state index in [1.165, 1.54) is 49.2 Å². The average molecular weight is 297 g/mol. The molecule has 0 radical (unpaired) electrons. The maximum absolute atomic E-state index is 4.87. The number of thiazole rings is 1. The second-order valence-corrected chi connectivity index (χ2v) is 7.12. The van der Waals surface area contributed by atoms with Gasteiger partial charge in [0.2, 0.25) is 0 Å². The zero-order valence-corrected chi connectivity index (χ0v) is 14.8. The molecule has 0 aliphatic rings. The van der Waals surface area contributed by atoms with E-state index in [2.05, 4.69) is 45.3 Å². The van der Waals surface area contributed by atoms with E-state index in [9.17, 15) is 0 Å². The van der Waals surface area contributed by atoms with Gasteiger partial charge in [0, 0.05) is 5.38 Å². The molecule has 0 amide bonds. The van der Waals surface area contributed by atoms with Gasteiger partial charge in [0.15, 0.2) is 0 Å². The van der Waals surface area contributed by atoms with Crippen LogP contribution < -0.4 is 5.32 Å². The lowest BCUT2D eigenvalue weighted by atomic mass is 9.94. The number of hydrogen-bond donors (Lipinski definition) is 1. The van der Waals surface area contributed by atoms with Crippen molar-refractivity contribution in [3.63, 3.8) is 0 Å². The van der Waals surface area contributed by atoms with Crippen LogP contribution in [0.25, 0.3) is 0 Å². The fourth-order valence-electron chi connectivity index (χ4n) is 2.55. The van der Waals surface area contributed by atoms with E-state index in [0.29, 0.717) is 5.92 Å². The molecule has 1 unspecified atom stereocenters. The first kappa shape index (κ1) is 17.6. The summed E-state index contributed by atoms with van der Waals surface area (Å²) >= 11 is 1.82. The Morgan fingerprint density at radius 1 is 1.20 bits per heavy atom. The quantitative estimate of drug-likeness (QED) is 0.581. The highest BCUT2D eigenvalue weighted by Crippen LogP contribution is 2.31. The van der Waals surface area contributed by atoms with E-state index in [1.54, 1.807) is 0 Å². The predicted molar refractivity (Wildman–Crippen MR) is 90.6 cm³/mol. The van der Waals surface area contributed by atoms with Crippen molar-refractivity contribution >= 4 is 11.3 Å². The normalized spacial score (nSPS) is 14.7. The average Bonchev–Trinajstić information content (AvgIpc) is 2.89. The van der Waals surface area contributed by atoms with E-state index in [0.717, 1.165) is 6.54 Å². The first-order valence-corrected chi connectivity index (χ1v) is 9.12. The van der Waals surface area contributed by atoms with Gasteiger partial charge in [0.25, 0.3) is 0 Å². The fraction of sp³-hybridized carbons (Fsp3) is 0.824. The van der Waals surface area contributed by atoms with Crippen LogP contribution in [-0.2, 0) is 5.54 Å². The molecule has 0 saturated carbocycles. The minimum absolute atomic E-state index is 0.0543. The van der Waals surface area contributed by atoms with Gasteiger partial charge in [-0.05, 0) is 25.8 Å². The van der Waals surface area contributed by atoms with Crippen LogP contribution in [0.15, 0.2) is 5.38 Å². The summed E-state index contributed by atoms with van der Waals surface area (Å²) in [6.07, 6.45) is 7.88. The van der Waals surface area contributed by atoms with Gasteiger partial charge in [-0.2, -0.15) is 0 Å². The molecule has 1 atom stereocenters. The summed E-state index contributed by atoms with van der Waals surface area (Å²) in [5, 5.41) is 7.16. The zero-order chi connectivity index (χ0) is 15.0. The van der Waals surface area contributed by atoms with E-state index in [-0.39, 0.29) is 5.54 Å². The summed E-state index contributed by atoms with van der Waals surface area (Å²) in [5.41, 5.74) is 1.29. The van der Waals surface area contributed by atoms with Gasteiger partial charge in [0.05, 0.1) is 11.2 Å². The highest BCUT2D eigenvalue weighted by molar-refractivity contribution is 7.09. The van der Waals surface area contributed by atoms with Crippen molar-refractivity contribution in [3.8, 4) is 0 Å². The minimum atomic E-state index is 0.0543. The summed E-state index contributed by atoms with van der Waals surface area (Å²) < 4.78 is 0. The van der Waals surface area contributed by atoms with Crippen LogP contribution in [0.4, 0.5) is 0 Å². The Morgan fingerprint density at radius 2 is 1.90 bits per heavy atom. The van der Waals surface area contributed by atoms with Gasteiger partial charge in [-0.15, -0.1) is 11.3 Å². The van der Waals surface area contributed by atoms with Crippen LogP contribution in [-0.4, -0.2) is 11.5 Å². The maximum atomic E-state index is 4.87. The Morgan fingerprint density at radius 3 is 2.45 bits per heavy atom. The number of nitrogens with one attached hydrogen (secondary N) is 1. The van der Waals surface area contributed by atoms with Crippen molar-refractivity contribution in [2.75, 3.05) is 6.54 Å². The van der Waals surface area contributed by atoms with Crippen LogP contribution >= 0.6 is 11.3 Å². The third-order valence-electron chi connectivity index (χ3n) is 3.93. The molecule has 0 spiro atoms. The third-order valence-corrected chi connectivity index (χ3v) is 5.06. The Hall–Kier alpha value is -0.410. The summed E-state index contributed by atoms with van der Waals surface area (Å²) in [6.45, 7) is 12.2. The van der Waals surface area contributed by atoms with Crippen LogP contribution in [0.3, 0.4) is 0 Å². The van der Waals surface area contributed by atoms with Crippen molar-refractivity contribution in [2.45, 2.75) is 84.6 Å². The zero-order valence-electron chi connectivity index (χ0n) is 14.0. The molecule has 1 aromatic heterocycles. The summed E-state index contributed by atoms with van der Waals surface area (Å²) in [4.78, 5) is 4.87. The number of nitrogens with zero attached hydrogens (tertiary/aromatic N) is 1. The third kappa shape index (κ3) is 5.17. The molecule has 1 heterocycles. The molecule has 0 aliphatic carbocycles. The standard InChI is InChI=1S/C17H32N2S/c1-6-8-9-10-11-12-17(5,18-7-2)16-19-15(13-20-16)14(3)4/h13-14,18H,6-12H2,1-5H3. The molecular weight excluding hydrogens is 264 g/mol. The lowest BCUT2D eigenvalue weighted by Gasteiger charge is -2.28. The van der Waals surface area contributed by atoms with Crippen LogP contribution in [0.5, 0.6) is 0 Å². The van der Waals surface area contributed by atoms with Gasteiger partial charge in [0.1, 0.15) is 5.01 Å². The van der Waals surface area contributed by atoms with Gasteiger partial charge in [-0.25, -0.2) is 4.98 Å². The molecule has 1 rings (SSSR count). The fourth-order valence-corrected chi connectivity index (χ4v) is 3.70. The lowest BCUT2D eigenvalue weighted by Crippen LogP contribution is -2.39. The highest BCUT2D eigenvalue weighted by atomic mass is 32.1. The lowest BCUT2D eigenvalue weighted by molar-refractivity contribution is 0.331. The van der Waals surface area contributed by atoms with Gasteiger partial charge in [-0.3, -0.25) is 0 Å². The first-order valence-electron chi connectivity index (χ1n) is 8.24.